The third kappa shape index (κ3) is 4.80. The molecule has 1 aliphatic rings. The number of aryl methyl sites for hydroxylation is 4. The van der Waals surface area contributed by atoms with Crippen LogP contribution in [0.2, 0.25) is 0 Å². The Labute approximate surface area is 250 Å². The lowest BCUT2D eigenvalue weighted by molar-refractivity contribution is 0.224. The molecular formula is C36H38N2O. The zero-order chi connectivity index (χ0) is 38.2. The molecule has 3 nitrogen and oxygen atoms in total. The Morgan fingerprint density at radius 1 is 0.821 bits per heavy atom. The first kappa shape index (κ1) is 14.6. The van der Waals surface area contributed by atoms with Crippen molar-refractivity contribution < 1.29 is 22.2 Å². The lowest BCUT2D eigenvalue weighted by Gasteiger charge is -2.34. The van der Waals surface area contributed by atoms with Gasteiger partial charge < -0.3 is 4.42 Å². The van der Waals surface area contributed by atoms with Gasteiger partial charge in [-0.25, -0.2) is 4.98 Å². The van der Waals surface area contributed by atoms with Gasteiger partial charge >= 0.3 is 0 Å². The van der Waals surface area contributed by atoms with Crippen LogP contribution in [0.1, 0.15) is 91.1 Å². The fraction of sp³-hybridized carbons (Fsp3) is 0.333. The van der Waals surface area contributed by atoms with Crippen LogP contribution in [0, 0.1) is 32.8 Å². The monoisotopic (exact) mass is 527 g/mol. The van der Waals surface area contributed by atoms with Crippen molar-refractivity contribution >= 4 is 11.1 Å². The van der Waals surface area contributed by atoms with Gasteiger partial charge in [-0.1, -0.05) is 56.3 Å². The molecule has 0 aliphatic heterocycles. The van der Waals surface area contributed by atoms with Gasteiger partial charge in [-0.15, -0.1) is 0 Å². The summed E-state index contributed by atoms with van der Waals surface area (Å²) in [5.41, 5.74) is 0.948. The van der Waals surface area contributed by atoms with Crippen molar-refractivity contribution in [3.63, 3.8) is 0 Å². The maximum atomic E-state index is 9.28. The van der Waals surface area contributed by atoms with E-state index in [1.807, 2.05) is 0 Å². The van der Waals surface area contributed by atoms with Crippen molar-refractivity contribution in [2.24, 2.45) is 5.41 Å². The van der Waals surface area contributed by atoms with Gasteiger partial charge in [0, 0.05) is 35.1 Å². The summed E-state index contributed by atoms with van der Waals surface area (Å²) in [7, 11) is 0. The van der Waals surface area contributed by atoms with Crippen LogP contribution in [0.25, 0.3) is 44.9 Å². The number of benzene rings is 3. The van der Waals surface area contributed by atoms with E-state index in [1.165, 1.54) is 36.5 Å². The Morgan fingerprint density at radius 2 is 1.56 bits per heavy atom. The number of fused-ring (bicyclic) bond motifs is 1. The van der Waals surface area contributed by atoms with Crippen LogP contribution in [0.4, 0.5) is 0 Å². The molecule has 1 aliphatic carbocycles. The molecule has 3 heteroatoms. The number of oxazole rings is 1. The Morgan fingerprint density at radius 3 is 2.31 bits per heavy atom. The average Bonchev–Trinajstić information content (AvgIpc) is 3.48. The molecule has 2 aromatic heterocycles. The SMILES string of the molecule is [2H]C([2H])([2H])c1cnc(-c2cccc3nc(-c4c(C([2H])([2H])[2H])cccc4C([2H])([2H])[2H])oc23)cc1-c1ccc(C2([2H])CCC(C)(C)CC2)cc1C([2H])([2H])[2H]. The third-order valence-electron chi connectivity index (χ3n) is 7.80. The van der Waals surface area contributed by atoms with Crippen molar-refractivity contribution in [2.75, 3.05) is 0 Å². The fourth-order valence-electron chi connectivity index (χ4n) is 5.38. The lowest BCUT2D eigenvalue weighted by atomic mass is 9.71. The maximum absolute atomic E-state index is 9.28. The lowest BCUT2D eigenvalue weighted by Crippen LogP contribution is -2.20. The molecule has 0 bridgehead atoms. The molecule has 5 aromatic rings. The van der Waals surface area contributed by atoms with Gasteiger partial charge in [0.1, 0.15) is 5.52 Å². The van der Waals surface area contributed by atoms with Crippen molar-refractivity contribution in [1.82, 2.24) is 9.97 Å². The van der Waals surface area contributed by atoms with Crippen molar-refractivity contribution in [2.45, 2.75) is 72.8 Å². The van der Waals surface area contributed by atoms with Crippen LogP contribution in [0.5, 0.6) is 0 Å². The molecule has 1 saturated carbocycles. The standard InChI is InChI=1S/C36H38N2O/c1-22-9-7-10-23(2)33(22)35-38-31-12-8-11-29(34(31)39-35)32-20-30(25(4)21-37-32)28-14-13-27(19-24(28)3)26-15-17-36(5,6)18-16-26/h7-14,19-21,26H,15-18H2,1-6H3/i1D3,2D3,3D3,4D3,26D. The predicted molar refractivity (Wildman–Crippen MR) is 162 cm³/mol. The zero-order valence-corrected chi connectivity index (χ0v) is 22.0. The summed E-state index contributed by atoms with van der Waals surface area (Å²) in [5, 5.41) is 0. The quantitative estimate of drug-likeness (QED) is 0.233. The van der Waals surface area contributed by atoms with Gasteiger partial charge in [-0.05, 0) is 122 Å². The zero-order valence-electron chi connectivity index (χ0n) is 35.0. The molecule has 0 radical (unpaired) electrons. The second-order valence-electron chi connectivity index (χ2n) is 11.0. The second-order valence-corrected chi connectivity index (χ2v) is 11.0. The summed E-state index contributed by atoms with van der Waals surface area (Å²) in [6, 6.07) is 15.2. The number of para-hydroxylation sites is 1. The van der Waals surface area contributed by atoms with E-state index in [0.29, 0.717) is 24.0 Å². The Bertz CT molecular complexity index is 2110. The number of pyridine rings is 1. The Kier molecular flexibility index (Phi) is 3.67. The molecule has 39 heavy (non-hydrogen) atoms. The van der Waals surface area contributed by atoms with Crippen molar-refractivity contribution in [3.8, 4) is 33.8 Å². The molecule has 0 N–H and O–H groups in total. The highest BCUT2D eigenvalue weighted by atomic mass is 16.3. The summed E-state index contributed by atoms with van der Waals surface area (Å²) in [6.45, 7) is -6.39. The minimum Gasteiger partial charge on any atom is -0.435 e. The minimum atomic E-state index is -2.69. The Balaban J connectivity index is 1.54. The van der Waals surface area contributed by atoms with E-state index >= 15 is 0 Å². The van der Waals surface area contributed by atoms with E-state index in [9.17, 15) is 1.37 Å². The molecule has 0 amide bonds. The smallest absolute Gasteiger partial charge is 0.227 e. The van der Waals surface area contributed by atoms with Gasteiger partial charge in [0.15, 0.2) is 5.58 Å². The number of hydrogen-bond donors (Lipinski definition) is 0. The molecule has 1 fully saturated rings. The normalized spacial score (nSPS) is 22.7. The molecule has 0 atom stereocenters. The summed E-state index contributed by atoms with van der Waals surface area (Å²) < 4.78 is 114. The highest BCUT2D eigenvalue weighted by Crippen LogP contribution is 2.43. The van der Waals surface area contributed by atoms with Gasteiger partial charge in [0.05, 0.1) is 5.69 Å². The highest BCUT2D eigenvalue weighted by molar-refractivity contribution is 5.92. The summed E-state index contributed by atoms with van der Waals surface area (Å²) in [4.78, 5) is 8.95. The summed E-state index contributed by atoms with van der Waals surface area (Å²) in [5.74, 6) is -1.21. The first-order valence-corrected chi connectivity index (χ1v) is 13.1. The second kappa shape index (κ2) is 9.79. The molecule has 0 spiro atoms. The first-order chi connectivity index (χ1) is 23.9. The minimum absolute atomic E-state index is 0.0808. The maximum Gasteiger partial charge on any atom is 0.227 e. The van der Waals surface area contributed by atoms with E-state index in [0.717, 1.165) is 12.8 Å². The Hall–Kier alpha value is -3.72. The first-order valence-electron chi connectivity index (χ1n) is 19.6. The summed E-state index contributed by atoms with van der Waals surface area (Å²) >= 11 is 0. The topological polar surface area (TPSA) is 38.9 Å². The van der Waals surface area contributed by atoms with Gasteiger partial charge in [0.2, 0.25) is 5.89 Å². The van der Waals surface area contributed by atoms with E-state index in [-0.39, 0.29) is 67.0 Å². The number of nitrogens with zero attached hydrogens (tertiary/aromatic N) is 2. The van der Waals surface area contributed by atoms with Crippen molar-refractivity contribution in [1.29, 1.82) is 0 Å². The van der Waals surface area contributed by atoms with Gasteiger partial charge in [0.25, 0.3) is 0 Å². The van der Waals surface area contributed by atoms with Crippen LogP contribution in [-0.4, -0.2) is 9.97 Å². The van der Waals surface area contributed by atoms with E-state index < -0.39 is 33.3 Å². The van der Waals surface area contributed by atoms with E-state index in [1.54, 1.807) is 30.3 Å². The van der Waals surface area contributed by atoms with E-state index in [4.69, 9.17) is 20.9 Å². The van der Waals surface area contributed by atoms with Gasteiger partial charge in [-0.2, -0.15) is 0 Å². The molecule has 0 saturated heterocycles. The van der Waals surface area contributed by atoms with Crippen LogP contribution in [-0.2, 0) is 0 Å². The molecule has 198 valence electrons. The molecular weight excluding hydrogens is 476 g/mol. The van der Waals surface area contributed by atoms with Gasteiger partial charge in [-0.3, -0.25) is 4.98 Å². The number of aromatic nitrogens is 2. The van der Waals surface area contributed by atoms with Crippen LogP contribution < -0.4 is 0 Å². The largest absolute Gasteiger partial charge is 0.435 e. The number of hydrogen-bond acceptors (Lipinski definition) is 3. The van der Waals surface area contributed by atoms with Crippen LogP contribution >= 0.6 is 0 Å². The predicted octanol–water partition coefficient (Wildman–Crippen LogP) is 10.1. The van der Waals surface area contributed by atoms with Crippen LogP contribution in [0.15, 0.2) is 71.3 Å². The van der Waals surface area contributed by atoms with Crippen molar-refractivity contribution in [3.05, 3.63) is 94.7 Å². The van der Waals surface area contributed by atoms with E-state index in [2.05, 4.69) is 23.8 Å². The molecule has 2 heterocycles. The average molecular weight is 528 g/mol. The highest BCUT2D eigenvalue weighted by Gasteiger charge is 2.28. The molecule has 6 rings (SSSR count). The number of rotatable bonds is 4. The molecule has 0 unspecified atom stereocenters. The molecule has 3 aromatic carbocycles. The fourth-order valence-corrected chi connectivity index (χ4v) is 5.38. The third-order valence-corrected chi connectivity index (χ3v) is 7.80. The summed E-state index contributed by atoms with van der Waals surface area (Å²) in [6.07, 6.45) is 3.93. The van der Waals surface area contributed by atoms with Crippen LogP contribution in [0.3, 0.4) is 0 Å².